The molecule has 0 spiro atoms. The summed E-state index contributed by atoms with van der Waals surface area (Å²) in [5.74, 6) is 0.109. The zero-order valence-corrected chi connectivity index (χ0v) is 17.5. The SMILES string of the molecule is Cc1ccc(C(=O)NCC(=O)NC(c2nc(-c3ccncc3)no2)C(C)C)cc1C. The molecular formula is C22H25N5O3. The zero-order valence-electron chi connectivity index (χ0n) is 17.5. The highest BCUT2D eigenvalue weighted by Crippen LogP contribution is 2.23. The van der Waals surface area contributed by atoms with Crippen molar-refractivity contribution in [1.82, 2.24) is 25.8 Å². The topological polar surface area (TPSA) is 110 Å². The Bertz CT molecular complexity index is 1030. The van der Waals surface area contributed by atoms with Crippen LogP contribution in [0.25, 0.3) is 11.4 Å². The second kappa shape index (κ2) is 9.30. The van der Waals surface area contributed by atoms with E-state index in [9.17, 15) is 9.59 Å². The third kappa shape index (κ3) is 5.08. The molecule has 30 heavy (non-hydrogen) atoms. The molecule has 0 aliphatic rings. The van der Waals surface area contributed by atoms with Crippen molar-refractivity contribution in [2.45, 2.75) is 33.7 Å². The van der Waals surface area contributed by atoms with Crippen LogP contribution in [0.3, 0.4) is 0 Å². The molecule has 8 heteroatoms. The molecule has 0 aliphatic carbocycles. The number of hydrogen-bond acceptors (Lipinski definition) is 6. The molecule has 0 saturated heterocycles. The van der Waals surface area contributed by atoms with E-state index < -0.39 is 6.04 Å². The lowest BCUT2D eigenvalue weighted by Gasteiger charge is -2.18. The number of hydrogen-bond donors (Lipinski definition) is 2. The second-order valence-corrected chi connectivity index (χ2v) is 7.46. The van der Waals surface area contributed by atoms with Gasteiger partial charge < -0.3 is 15.2 Å². The van der Waals surface area contributed by atoms with Gasteiger partial charge in [-0.2, -0.15) is 4.98 Å². The second-order valence-electron chi connectivity index (χ2n) is 7.46. The molecule has 1 atom stereocenters. The van der Waals surface area contributed by atoms with E-state index in [1.807, 2.05) is 33.8 Å². The van der Waals surface area contributed by atoms with Crippen LogP contribution in [0.5, 0.6) is 0 Å². The van der Waals surface area contributed by atoms with Crippen LogP contribution in [0.15, 0.2) is 47.2 Å². The minimum absolute atomic E-state index is 0.00939. The van der Waals surface area contributed by atoms with Crippen LogP contribution < -0.4 is 10.6 Å². The molecule has 0 saturated carbocycles. The minimum atomic E-state index is -0.473. The first-order valence-electron chi connectivity index (χ1n) is 9.74. The van der Waals surface area contributed by atoms with Gasteiger partial charge in [-0.1, -0.05) is 25.1 Å². The predicted octanol–water partition coefficient (Wildman–Crippen LogP) is 2.99. The molecule has 8 nitrogen and oxygen atoms in total. The van der Waals surface area contributed by atoms with Crippen LogP contribution in [-0.4, -0.2) is 33.5 Å². The Hall–Kier alpha value is -3.55. The highest BCUT2D eigenvalue weighted by Gasteiger charge is 2.25. The highest BCUT2D eigenvalue weighted by molar-refractivity contribution is 5.96. The number of amides is 2. The van der Waals surface area contributed by atoms with Crippen molar-refractivity contribution in [2.75, 3.05) is 6.54 Å². The van der Waals surface area contributed by atoms with Gasteiger partial charge in [0.1, 0.15) is 6.04 Å². The molecule has 3 rings (SSSR count). The van der Waals surface area contributed by atoms with Crippen LogP contribution in [0, 0.1) is 19.8 Å². The summed E-state index contributed by atoms with van der Waals surface area (Å²) < 4.78 is 5.38. The van der Waals surface area contributed by atoms with E-state index in [2.05, 4.69) is 25.8 Å². The van der Waals surface area contributed by atoms with Crippen molar-refractivity contribution in [3.8, 4) is 11.4 Å². The molecule has 3 aromatic rings. The van der Waals surface area contributed by atoms with Crippen molar-refractivity contribution in [2.24, 2.45) is 5.92 Å². The molecule has 0 bridgehead atoms. The van der Waals surface area contributed by atoms with Crippen LogP contribution in [-0.2, 0) is 4.79 Å². The number of rotatable bonds is 7. The predicted molar refractivity (Wildman–Crippen MR) is 111 cm³/mol. The van der Waals surface area contributed by atoms with Crippen LogP contribution in [0.4, 0.5) is 0 Å². The fraction of sp³-hybridized carbons (Fsp3) is 0.318. The Kier molecular flexibility index (Phi) is 6.56. The van der Waals surface area contributed by atoms with Crippen LogP contribution >= 0.6 is 0 Å². The minimum Gasteiger partial charge on any atom is -0.343 e. The number of benzene rings is 1. The first-order valence-corrected chi connectivity index (χ1v) is 9.74. The molecule has 0 aliphatic heterocycles. The van der Waals surface area contributed by atoms with Gasteiger partial charge >= 0.3 is 0 Å². The van der Waals surface area contributed by atoms with E-state index in [0.29, 0.717) is 17.3 Å². The fourth-order valence-corrected chi connectivity index (χ4v) is 2.86. The summed E-state index contributed by atoms with van der Waals surface area (Å²) in [7, 11) is 0. The number of pyridine rings is 1. The zero-order chi connectivity index (χ0) is 21.7. The number of carbonyl (C=O) groups is 2. The number of nitrogens with one attached hydrogen (secondary N) is 2. The maximum atomic E-state index is 12.4. The van der Waals surface area contributed by atoms with Crippen molar-refractivity contribution in [3.63, 3.8) is 0 Å². The Morgan fingerprint density at radius 1 is 1.07 bits per heavy atom. The highest BCUT2D eigenvalue weighted by atomic mass is 16.5. The molecule has 0 fully saturated rings. The standard InChI is InChI=1S/C22H25N5O3/c1-13(2)19(22-26-20(27-30-22)16-7-9-23-10-8-16)25-18(28)12-24-21(29)17-6-5-14(3)15(4)11-17/h5-11,13,19H,12H2,1-4H3,(H,24,29)(H,25,28). The van der Waals surface area contributed by atoms with Crippen LogP contribution in [0.2, 0.25) is 0 Å². The van der Waals surface area contributed by atoms with E-state index in [0.717, 1.165) is 16.7 Å². The van der Waals surface area contributed by atoms with Gasteiger partial charge in [-0.05, 0) is 55.2 Å². The third-order valence-electron chi connectivity index (χ3n) is 4.81. The lowest BCUT2D eigenvalue weighted by Crippen LogP contribution is -2.40. The maximum absolute atomic E-state index is 12.4. The van der Waals surface area contributed by atoms with Gasteiger partial charge in [0.25, 0.3) is 5.91 Å². The Balaban J connectivity index is 1.62. The van der Waals surface area contributed by atoms with Crippen molar-refractivity contribution in [3.05, 3.63) is 65.3 Å². The third-order valence-corrected chi connectivity index (χ3v) is 4.81. The monoisotopic (exact) mass is 407 g/mol. The van der Waals surface area contributed by atoms with E-state index in [4.69, 9.17) is 4.52 Å². The molecule has 2 heterocycles. The molecule has 2 amide bonds. The van der Waals surface area contributed by atoms with E-state index in [-0.39, 0.29) is 24.3 Å². The van der Waals surface area contributed by atoms with E-state index in [1.54, 1.807) is 36.7 Å². The van der Waals surface area contributed by atoms with E-state index >= 15 is 0 Å². The molecule has 156 valence electrons. The van der Waals surface area contributed by atoms with E-state index in [1.165, 1.54) is 0 Å². The quantitative estimate of drug-likeness (QED) is 0.623. The molecule has 2 aromatic heterocycles. The summed E-state index contributed by atoms with van der Waals surface area (Å²) in [6.45, 7) is 7.65. The molecule has 0 radical (unpaired) electrons. The lowest BCUT2D eigenvalue weighted by atomic mass is 10.0. The Labute approximate surface area is 175 Å². The molecule has 2 N–H and O–H groups in total. The maximum Gasteiger partial charge on any atom is 0.251 e. The number of nitrogens with zero attached hydrogens (tertiary/aromatic N) is 3. The molecule has 1 aromatic carbocycles. The summed E-state index contributed by atoms with van der Waals surface area (Å²) in [4.78, 5) is 33.1. The first kappa shape index (κ1) is 21.2. The largest absolute Gasteiger partial charge is 0.343 e. The van der Waals surface area contributed by atoms with Gasteiger partial charge in [-0.15, -0.1) is 0 Å². The van der Waals surface area contributed by atoms with Gasteiger partial charge in [0, 0.05) is 23.5 Å². The molecular weight excluding hydrogens is 382 g/mol. The van der Waals surface area contributed by atoms with Gasteiger partial charge in [0.2, 0.25) is 17.6 Å². The van der Waals surface area contributed by atoms with Gasteiger partial charge in [0.05, 0.1) is 6.54 Å². The lowest BCUT2D eigenvalue weighted by molar-refractivity contribution is -0.121. The summed E-state index contributed by atoms with van der Waals surface area (Å²) in [5.41, 5.74) is 3.42. The normalized spacial score (nSPS) is 11.9. The van der Waals surface area contributed by atoms with Crippen LogP contribution in [0.1, 0.15) is 47.3 Å². The summed E-state index contributed by atoms with van der Waals surface area (Å²) in [5, 5.41) is 9.50. The van der Waals surface area contributed by atoms with Gasteiger partial charge in [0.15, 0.2) is 0 Å². The summed E-state index contributed by atoms with van der Waals surface area (Å²) in [6.07, 6.45) is 3.29. The number of aryl methyl sites for hydroxylation is 2. The van der Waals surface area contributed by atoms with Gasteiger partial charge in [-0.25, -0.2) is 0 Å². The van der Waals surface area contributed by atoms with Crippen molar-refractivity contribution < 1.29 is 14.1 Å². The summed E-state index contributed by atoms with van der Waals surface area (Å²) >= 11 is 0. The average molecular weight is 407 g/mol. The fourth-order valence-electron chi connectivity index (χ4n) is 2.86. The number of carbonyl (C=O) groups excluding carboxylic acids is 2. The van der Waals surface area contributed by atoms with Crippen molar-refractivity contribution in [1.29, 1.82) is 0 Å². The Morgan fingerprint density at radius 3 is 2.47 bits per heavy atom. The molecule has 1 unspecified atom stereocenters. The first-order chi connectivity index (χ1) is 14.3. The Morgan fingerprint density at radius 2 is 1.80 bits per heavy atom. The van der Waals surface area contributed by atoms with Crippen molar-refractivity contribution >= 4 is 11.8 Å². The van der Waals surface area contributed by atoms with Gasteiger partial charge in [-0.3, -0.25) is 14.6 Å². The smallest absolute Gasteiger partial charge is 0.251 e. The average Bonchev–Trinajstić information content (AvgIpc) is 3.22. The summed E-state index contributed by atoms with van der Waals surface area (Å²) in [6, 6.07) is 8.51. The number of aromatic nitrogens is 3.